The van der Waals surface area contributed by atoms with Crippen LogP contribution in [0.5, 0.6) is 0 Å². The van der Waals surface area contributed by atoms with Gasteiger partial charge in [0.1, 0.15) is 12.2 Å². The molecule has 15 nitrogen and oxygen atoms in total. The van der Waals surface area contributed by atoms with E-state index in [2.05, 4.69) is 47.4 Å². The van der Waals surface area contributed by atoms with E-state index in [1.54, 1.807) is 13.8 Å². The molecule has 7 N–H and O–H groups in total. The van der Waals surface area contributed by atoms with Crippen LogP contribution in [-0.2, 0) is 37.9 Å². The van der Waals surface area contributed by atoms with Gasteiger partial charge in [-0.3, -0.25) is 0 Å². The van der Waals surface area contributed by atoms with E-state index in [1.807, 2.05) is 0 Å². The Balaban J connectivity index is -0.000000187. The molecule has 0 aromatic heterocycles. The fourth-order valence-corrected chi connectivity index (χ4v) is 2.57. The third-order valence-corrected chi connectivity index (χ3v) is 5.04. The van der Waals surface area contributed by atoms with Gasteiger partial charge in [-0.1, -0.05) is 0 Å². The average Bonchev–Trinajstić information content (AvgIpc) is 2.95. The van der Waals surface area contributed by atoms with Crippen molar-refractivity contribution in [3.8, 4) is 0 Å². The summed E-state index contributed by atoms with van der Waals surface area (Å²) in [6, 6.07) is 0. The SMILES string of the molecule is [CH2-]OCC(O)C(C)OCCO.[CH2-]OCC(O)CCOCC(O)C(C)OCCC(O)CO[CH2-].[CH2-]OCC(O)COCCO.[Rf].[Rf]. The first-order valence-electron chi connectivity index (χ1n) is 13.5. The molecule has 0 saturated heterocycles. The van der Waals surface area contributed by atoms with Crippen LogP contribution in [0.25, 0.3) is 0 Å². The van der Waals surface area contributed by atoms with E-state index in [9.17, 15) is 20.4 Å². The number of aliphatic hydroxyl groups excluding tert-OH is 7. The molecule has 0 aliphatic carbocycles. The molecule has 0 bridgehead atoms. The molecule has 0 radical (unpaired) electrons. The van der Waals surface area contributed by atoms with Crippen LogP contribution in [-0.4, -0.2) is 158 Å². The minimum atomic E-state index is -0.771. The first-order valence-corrected chi connectivity index (χ1v) is 13.5. The van der Waals surface area contributed by atoms with Crippen LogP contribution in [0.1, 0.15) is 26.7 Å². The molecule has 0 heterocycles. The first kappa shape index (κ1) is 51.0. The third-order valence-electron chi connectivity index (χ3n) is 5.04. The molecule has 0 spiro atoms. The Morgan fingerprint density at radius 2 is 0.864 bits per heavy atom. The predicted molar refractivity (Wildman–Crippen MR) is 151 cm³/mol. The van der Waals surface area contributed by atoms with Crippen LogP contribution in [0.15, 0.2) is 0 Å². The van der Waals surface area contributed by atoms with E-state index >= 15 is 0 Å². The van der Waals surface area contributed by atoms with Crippen molar-refractivity contribution in [3.63, 3.8) is 0 Å². The first-order chi connectivity index (χ1) is 20.0. The summed E-state index contributed by atoms with van der Waals surface area (Å²) in [7, 11) is 12.6. The molecule has 0 saturated carbocycles. The second-order valence-electron chi connectivity index (χ2n) is 8.91. The van der Waals surface area contributed by atoms with Gasteiger partial charge in [0.25, 0.3) is 0 Å². The summed E-state index contributed by atoms with van der Waals surface area (Å²) >= 11 is 0. The summed E-state index contributed by atoms with van der Waals surface area (Å²) in [5.74, 6) is 0. The molecule has 0 aromatic rings. The molecule has 44 heavy (non-hydrogen) atoms. The molecule has 262 valence electrons. The Morgan fingerprint density at radius 1 is 0.477 bits per heavy atom. The average molecular weight is 1150 g/mol. The fourth-order valence-electron chi connectivity index (χ4n) is 2.57. The molecule has 17 heteroatoms. The summed E-state index contributed by atoms with van der Waals surface area (Å²) in [6.07, 6.45) is -3.27. The molecule has 0 fully saturated rings. The number of ether oxygens (including phenoxy) is 8. The van der Waals surface area contributed by atoms with E-state index in [0.29, 0.717) is 26.1 Å². The third kappa shape index (κ3) is 37.4. The van der Waals surface area contributed by atoms with Crippen LogP contribution in [0.3, 0.4) is 0 Å². The fraction of sp³-hybridized carbons (Fsp3) is 0.852. The van der Waals surface area contributed by atoms with Crippen LogP contribution in [0.4, 0.5) is 0 Å². The second kappa shape index (κ2) is 38.4. The van der Waals surface area contributed by atoms with Crippen molar-refractivity contribution in [2.24, 2.45) is 0 Å². The van der Waals surface area contributed by atoms with Gasteiger partial charge in [0.2, 0.25) is 0 Å². The molecule has 7 atom stereocenters. The molecule has 7 unspecified atom stereocenters. The number of aliphatic hydroxyl groups is 7. The zero-order valence-corrected chi connectivity index (χ0v) is 39.4. The summed E-state index contributed by atoms with van der Waals surface area (Å²) < 4.78 is 38.4. The minimum absolute atomic E-state index is 0. The van der Waals surface area contributed by atoms with Gasteiger partial charge in [-0.15, -0.1) is 0 Å². The molecule has 0 amide bonds. The summed E-state index contributed by atoms with van der Waals surface area (Å²) in [5, 5.41) is 63.3. The Hall–Kier alpha value is -2.60. The van der Waals surface area contributed by atoms with Crippen molar-refractivity contribution in [2.75, 3.05) is 79.3 Å². The Bertz CT molecular complexity index is 518. The quantitative estimate of drug-likeness (QED) is 0.0393. The molecule has 0 aromatic carbocycles. The van der Waals surface area contributed by atoms with Crippen molar-refractivity contribution < 1.29 is 73.6 Å². The van der Waals surface area contributed by atoms with Crippen molar-refractivity contribution in [1.82, 2.24) is 0 Å². The van der Waals surface area contributed by atoms with Gasteiger partial charge in [0, 0.05) is 39.6 Å². The number of rotatable bonds is 26. The van der Waals surface area contributed by atoms with E-state index in [-0.39, 0.29) is 72.2 Å². The molecule has 0 aliphatic rings. The van der Waals surface area contributed by atoms with Gasteiger partial charge in [0.15, 0.2) is 0 Å². The maximum Gasteiger partial charge on any atom is 0.103 e. The van der Waals surface area contributed by atoms with Crippen molar-refractivity contribution in [3.05, 3.63) is 28.4 Å². The predicted octanol–water partition coefficient (Wildman–Crippen LogP) is -1.40. The van der Waals surface area contributed by atoms with Crippen LogP contribution in [0.2, 0.25) is 0 Å². The second-order valence-corrected chi connectivity index (χ2v) is 8.91. The summed E-state index contributed by atoms with van der Waals surface area (Å²) in [5.41, 5.74) is 0. The van der Waals surface area contributed by atoms with E-state index in [0.717, 1.165) is 0 Å². The smallest absolute Gasteiger partial charge is 0.103 e. The van der Waals surface area contributed by atoms with Crippen molar-refractivity contribution in [1.29, 1.82) is 0 Å². The van der Waals surface area contributed by atoms with Gasteiger partial charge in [0.05, 0.1) is 70.2 Å². The van der Waals surface area contributed by atoms with Crippen LogP contribution in [0, 0.1) is 28.4 Å². The Labute approximate surface area is 251 Å². The Kier molecular flexibility index (Phi) is 44.5. The maximum atomic E-state index is 9.81. The maximum absolute atomic E-state index is 9.81. The summed E-state index contributed by atoms with van der Waals surface area (Å²) in [4.78, 5) is 0. The van der Waals surface area contributed by atoms with Crippen molar-refractivity contribution in [2.45, 2.75) is 69.4 Å². The van der Waals surface area contributed by atoms with E-state index in [1.165, 1.54) is 0 Å². The molecular formula is C27H56O15Rf2-4. The largest absolute Gasteiger partial charge is 0.553 e. The van der Waals surface area contributed by atoms with E-state index in [4.69, 9.17) is 34.3 Å². The van der Waals surface area contributed by atoms with Crippen molar-refractivity contribution >= 4 is 0 Å². The van der Waals surface area contributed by atoms with Gasteiger partial charge >= 0.3 is 0 Å². The molecular weight excluding hydrogens is 1100 g/mol. The topological polar surface area (TPSA) is 215 Å². The monoisotopic (exact) mass is 1150 g/mol. The van der Waals surface area contributed by atoms with Gasteiger partial charge < -0.3 is 73.6 Å². The molecule has 0 rings (SSSR count). The van der Waals surface area contributed by atoms with Gasteiger partial charge in [-0.2, -0.15) is 0 Å². The van der Waals surface area contributed by atoms with Gasteiger partial charge in [-0.05, 0) is 26.7 Å². The normalized spacial score (nSPS) is 15.5. The van der Waals surface area contributed by atoms with Gasteiger partial charge in [-0.25, -0.2) is 28.4 Å². The van der Waals surface area contributed by atoms with E-state index < -0.39 is 36.6 Å². The number of hydrogen-bond donors (Lipinski definition) is 7. The standard InChI is InChI=1S/C14H28O7.C7H15O4.C6H13O4.2Rf/c1-11(21-7-5-13(16)9-19-3)14(17)10-20-6-4-12(15)8-18-2;1-6(11-4-3-8)7(9)5-10-2;1-9-4-6(8)5-10-3-2-7;;/h11-17H,2-10H2,1H3;6-9H,2-5H2,1H3;6-8H,1-5H2;;/q-2;2*-1;;. The van der Waals surface area contributed by atoms with Crippen LogP contribution >= 0.6 is 0 Å². The molecule has 0 aliphatic heterocycles. The zero-order valence-electron chi connectivity index (χ0n) is 26.6. The zero-order chi connectivity index (χ0) is 32.6. The Morgan fingerprint density at radius 3 is 1.32 bits per heavy atom. The van der Waals surface area contributed by atoms with Crippen LogP contribution < -0.4 is 0 Å². The summed E-state index contributed by atoms with van der Waals surface area (Å²) in [6.45, 7) is 5.37. The minimum Gasteiger partial charge on any atom is -0.553 e. The number of hydrogen-bond acceptors (Lipinski definition) is 15.